The van der Waals surface area contributed by atoms with Crippen molar-refractivity contribution in [1.29, 1.82) is 5.26 Å². The molecule has 0 heterocycles. The topological polar surface area (TPSA) is 55.8 Å². The zero-order valence-corrected chi connectivity index (χ0v) is 40.0. The van der Waals surface area contributed by atoms with Gasteiger partial charge in [-0.05, 0) is 104 Å². The lowest BCUT2D eigenvalue weighted by Gasteiger charge is -2.15. The summed E-state index contributed by atoms with van der Waals surface area (Å²) in [6.45, 7) is 23.2. The summed E-state index contributed by atoms with van der Waals surface area (Å²) in [6, 6.07) is 14.5. The first-order valence-corrected chi connectivity index (χ1v) is 24.8. The minimum atomic E-state index is 0.495. The SMILES string of the molecule is [C-]#[N+]c1cc(/C=C/c2cc(OCCCCCCCCCC)c(C)cc2OCCCCCCCCCC)c(C#N)cc1/C=C/c1cc(C)c(C)cc1OCCCCCCCCCC. The van der Waals surface area contributed by atoms with Gasteiger partial charge in [0.15, 0.2) is 5.69 Å². The molecular weight excluding hydrogens is 761 g/mol. The molecule has 5 heteroatoms. The summed E-state index contributed by atoms with van der Waals surface area (Å²) in [6.07, 6.45) is 38.0. The smallest absolute Gasteiger partial charge is 0.194 e. The van der Waals surface area contributed by atoms with Crippen molar-refractivity contribution >= 4 is 30.0 Å². The quantitative estimate of drug-likeness (QED) is 0.0341. The molecule has 0 saturated heterocycles. The van der Waals surface area contributed by atoms with Crippen LogP contribution in [0, 0.1) is 38.7 Å². The summed E-state index contributed by atoms with van der Waals surface area (Å²) < 4.78 is 19.2. The zero-order valence-electron chi connectivity index (χ0n) is 40.0. The Bertz CT molecular complexity index is 1860. The van der Waals surface area contributed by atoms with E-state index in [2.05, 4.69) is 76.7 Å². The first-order chi connectivity index (χ1) is 30.3. The van der Waals surface area contributed by atoms with E-state index in [4.69, 9.17) is 20.8 Å². The molecule has 0 unspecified atom stereocenters. The lowest BCUT2D eigenvalue weighted by molar-refractivity contribution is 0.294. The molecule has 0 aromatic heterocycles. The molecule has 0 aliphatic rings. The van der Waals surface area contributed by atoms with Gasteiger partial charge in [-0.1, -0.05) is 180 Å². The first-order valence-electron chi connectivity index (χ1n) is 24.8. The van der Waals surface area contributed by atoms with E-state index in [1.54, 1.807) is 0 Å². The molecule has 3 rings (SSSR count). The molecule has 0 radical (unpaired) electrons. The second-order valence-electron chi connectivity index (χ2n) is 17.5. The molecule has 0 amide bonds. The Labute approximate surface area is 379 Å². The minimum absolute atomic E-state index is 0.495. The van der Waals surface area contributed by atoms with E-state index in [1.807, 2.05) is 36.4 Å². The predicted molar refractivity (Wildman–Crippen MR) is 267 cm³/mol. The average Bonchev–Trinajstić information content (AvgIpc) is 3.27. The Morgan fingerprint density at radius 3 is 1.26 bits per heavy atom. The number of unbranched alkanes of at least 4 members (excludes halogenated alkanes) is 21. The standard InChI is InChI=1S/C57H82N2O3/c1-8-11-14-17-20-23-26-29-36-60-55-44-52(57(41-48(55)6)62-38-31-28-25-22-19-16-13-10-3)34-32-49-43-54(59-7)50(42-53(49)45-58)33-35-51-39-46(4)47(5)40-56(51)61-37-30-27-24-21-18-15-12-9-2/h32-35,39-44H,8-31,36-38H2,1-6H3/b34-32+,35-33+. The van der Waals surface area contributed by atoms with E-state index < -0.39 is 0 Å². The van der Waals surface area contributed by atoms with E-state index in [-0.39, 0.29) is 0 Å². The summed E-state index contributed by atoms with van der Waals surface area (Å²) in [7, 11) is 0. The summed E-state index contributed by atoms with van der Waals surface area (Å²) >= 11 is 0. The van der Waals surface area contributed by atoms with Gasteiger partial charge >= 0.3 is 0 Å². The van der Waals surface area contributed by atoms with E-state index in [0.717, 1.165) is 53.2 Å². The van der Waals surface area contributed by atoms with Gasteiger partial charge in [0.2, 0.25) is 0 Å². The van der Waals surface area contributed by atoms with E-state index in [0.29, 0.717) is 42.2 Å². The third-order valence-corrected chi connectivity index (χ3v) is 12.0. The van der Waals surface area contributed by atoms with Crippen molar-refractivity contribution in [2.45, 2.75) is 196 Å². The average molecular weight is 843 g/mol. The highest BCUT2D eigenvalue weighted by molar-refractivity contribution is 5.84. The van der Waals surface area contributed by atoms with Gasteiger partial charge in [0, 0.05) is 11.1 Å². The largest absolute Gasteiger partial charge is 0.493 e. The molecule has 3 aromatic rings. The Morgan fingerprint density at radius 2 is 0.806 bits per heavy atom. The van der Waals surface area contributed by atoms with Crippen molar-refractivity contribution in [3.8, 4) is 23.3 Å². The van der Waals surface area contributed by atoms with Crippen molar-refractivity contribution in [3.05, 3.63) is 92.3 Å². The predicted octanol–water partition coefficient (Wildman–Crippen LogP) is 17.9. The monoisotopic (exact) mass is 843 g/mol. The summed E-state index contributed by atoms with van der Waals surface area (Å²) in [5.74, 6) is 2.54. The molecule has 0 fully saturated rings. The van der Waals surface area contributed by atoms with Gasteiger partial charge in [0.05, 0.1) is 38.0 Å². The van der Waals surface area contributed by atoms with Gasteiger partial charge in [-0.15, -0.1) is 0 Å². The van der Waals surface area contributed by atoms with Crippen LogP contribution < -0.4 is 14.2 Å². The van der Waals surface area contributed by atoms with Crippen LogP contribution in [-0.2, 0) is 0 Å². The number of nitriles is 1. The van der Waals surface area contributed by atoms with Gasteiger partial charge in [0.25, 0.3) is 0 Å². The van der Waals surface area contributed by atoms with Crippen molar-refractivity contribution in [1.82, 2.24) is 0 Å². The van der Waals surface area contributed by atoms with Crippen molar-refractivity contribution in [2.75, 3.05) is 19.8 Å². The molecule has 62 heavy (non-hydrogen) atoms. The fraction of sp³-hybridized carbons (Fsp3) is 0.579. The number of benzene rings is 3. The lowest BCUT2D eigenvalue weighted by Crippen LogP contribution is -2.03. The highest BCUT2D eigenvalue weighted by atomic mass is 16.5. The number of nitrogens with zero attached hydrogens (tertiary/aromatic N) is 2. The molecule has 0 saturated carbocycles. The molecule has 338 valence electrons. The molecular formula is C57H82N2O3. The third kappa shape index (κ3) is 20.1. The van der Waals surface area contributed by atoms with Gasteiger partial charge in [-0.3, -0.25) is 0 Å². The fourth-order valence-electron chi connectivity index (χ4n) is 7.85. The molecule has 0 aliphatic carbocycles. The highest BCUT2D eigenvalue weighted by Gasteiger charge is 2.12. The maximum atomic E-state index is 10.4. The molecule has 0 aliphatic heterocycles. The van der Waals surface area contributed by atoms with Crippen molar-refractivity contribution in [3.63, 3.8) is 0 Å². The van der Waals surface area contributed by atoms with Crippen molar-refractivity contribution < 1.29 is 14.2 Å². The van der Waals surface area contributed by atoms with Crippen LogP contribution in [0.25, 0.3) is 29.1 Å². The molecule has 0 atom stereocenters. The number of ether oxygens (including phenoxy) is 3. The molecule has 3 aromatic carbocycles. The van der Waals surface area contributed by atoms with Gasteiger partial charge in [-0.2, -0.15) is 5.26 Å². The lowest BCUT2D eigenvalue weighted by atomic mass is 9.99. The van der Waals surface area contributed by atoms with Crippen LogP contribution in [0.1, 0.15) is 219 Å². The molecule has 0 bridgehead atoms. The van der Waals surface area contributed by atoms with Crippen molar-refractivity contribution in [2.24, 2.45) is 0 Å². The number of aryl methyl sites for hydroxylation is 3. The highest BCUT2D eigenvalue weighted by Crippen LogP contribution is 2.33. The molecule has 5 nitrogen and oxygen atoms in total. The van der Waals surface area contributed by atoms with E-state index in [1.165, 1.54) is 146 Å². The Hall–Kier alpha value is -4.48. The zero-order chi connectivity index (χ0) is 44.6. The maximum absolute atomic E-state index is 10.4. The van der Waals surface area contributed by atoms with E-state index >= 15 is 0 Å². The summed E-state index contributed by atoms with van der Waals surface area (Å²) in [4.78, 5) is 3.91. The second-order valence-corrected chi connectivity index (χ2v) is 17.5. The van der Waals surface area contributed by atoms with Gasteiger partial charge < -0.3 is 14.2 Å². The Morgan fingerprint density at radius 1 is 0.435 bits per heavy atom. The Kier molecular flexibility index (Phi) is 27.0. The minimum Gasteiger partial charge on any atom is -0.493 e. The molecule has 0 N–H and O–H groups in total. The number of hydrogen-bond acceptors (Lipinski definition) is 4. The van der Waals surface area contributed by atoms with Crippen LogP contribution in [0.2, 0.25) is 0 Å². The van der Waals surface area contributed by atoms with Crippen LogP contribution >= 0.6 is 0 Å². The first kappa shape index (κ1) is 51.9. The Balaban J connectivity index is 1.78. The maximum Gasteiger partial charge on any atom is 0.194 e. The van der Waals surface area contributed by atoms with Gasteiger partial charge in [0.1, 0.15) is 17.2 Å². The second kappa shape index (κ2) is 32.2. The van der Waals surface area contributed by atoms with Crippen LogP contribution in [0.4, 0.5) is 5.69 Å². The van der Waals surface area contributed by atoms with Gasteiger partial charge in [-0.25, -0.2) is 4.85 Å². The van der Waals surface area contributed by atoms with E-state index in [9.17, 15) is 5.26 Å². The van der Waals surface area contributed by atoms with Crippen LogP contribution in [0.3, 0.4) is 0 Å². The summed E-state index contributed by atoms with van der Waals surface area (Å²) in [5, 5.41) is 10.4. The number of rotatable bonds is 34. The third-order valence-electron chi connectivity index (χ3n) is 12.0. The molecule has 0 spiro atoms. The van der Waals surface area contributed by atoms with Crippen LogP contribution in [0.15, 0.2) is 36.4 Å². The normalized spacial score (nSPS) is 11.4. The van der Waals surface area contributed by atoms with Crippen LogP contribution in [0.5, 0.6) is 17.2 Å². The summed E-state index contributed by atoms with van der Waals surface area (Å²) in [5.41, 5.74) is 7.74. The van der Waals surface area contributed by atoms with Crippen LogP contribution in [-0.4, -0.2) is 19.8 Å². The number of hydrogen-bond donors (Lipinski definition) is 0. The fourth-order valence-corrected chi connectivity index (χ4v) is 7.85.